The van der Waals surface area contributed by atoms with Crippen LogP contribution < -0.4 is 0 Å². The van der Waals surface area contributed by atoms with Gasteiger partial charge in [0.05, 0.1) is 12.2 Å². The summed E-state index contributed by atoms with van der Waals surface area (Å²) in [5.41, 5.74) is 1.71. The first-order valence-corrected chi connectivity index (χ1v) is 7.19. The summed E-state index contributed by atoms with van der Waals surface area (Å²) in [4.78, 5) is 25.6. The molecule has 2 heterocycles. The number of carboxylic acids is 1. The molecule has 1 fully saturated rings. The Kier molecular flexibility index (Phi) is 3.71. The summed E-state index contributed by atoms with van der Waals surface area (Å²) in [6.45, 7) is 2.39. The van der Waals surface area contributed by atoms with Crippen LogP contribution in [0.3, 0.4) is 0 Å². The highest BCUT2D eigenvalue weighted by Crippen LogP contribution is 2.33. The minimum Gasteiger partial charge on any atom is -0.481 e. The van der Waals surface area contributed by atoms with Gasteiger partial charge < -0.3 is 14.4 Å². The molecule has 0 bridgehead atoms. The summed E-state index contributed by atoms with van der Waals surface area (Å²) in [6, 6.07) is 11.2. The summed E-state index contributed by atoms with van der Waals surface area (Å²) in [6.07, 6.45) is 1.47. The van der Waals surface area contributed by atoms with E-state index >= 15 is 0 Å². The average Bonchev–Trinajstić information content (AvgIpc) is 3.14. The van der Waals surface area contributed by atoms with E-state index in [0.717, 1.165) is 11.1 Å². The molecule has 1 saturated heterocycles. The van der Waals surface area contributed by atoms with E-state index < -0.39 is 11.9 Å². The lowest BCUT2D eigenvalue weighted by Gasteiger charge is -2.15. The molecular formula is C17H17NO4. The molecule has 0 spiro atoms. The minimum atomic E-state index is -0.875. The zero-order chi connectivity index (χ0) is 15.7. The molecule has 1 N–H and O–H groups in total. The number of nitrogens with zero attached hydrogens (tertiary/aromatic N) is 1. The van der Waals surface area contributed by atoms with Crippen molar-refractivity contribution < 1.29 is 19.1 Å². The number of hydrogen-bond donors (Lipinski definition) is 1. The maximum atomic E-state index is 12.5. The third-order valence-corrected chi connectivity index (χ3v) is 4.21. The minimum absolute atomic E-state index is 0.196. The molecule has 22 heavy (non-hydrogen) atoms. The number of furan rings is 1. The molecule has 1 aliphatic heterocycles. The van der Waals surface area contributed by atoms with Crippen LogP contribution in [0.4, 0.5) is 0 Å². The number of carboxylic acid groups (broad SMARTS) is 1. The van der Waals surface area contributed by atoms with Gasteiger partial charge in [0.25, 0.3) is 5.91 Å². The summed E-state index contributed by atoms with van der Waals surface area (Å²) >= 11 is 0. The Morgan fingerprint density at radius 2 is 1.91 bits per heavy atom. The van der Waals surface area contributed by atoms with Gasteiger partial charge in [-0.3, -0.25) is 9.59 Å². The van der Waals surface area contributed by atoms with Gasteiger partial charge in [-0.15, -0.1) is 0 Å². The quantitative estimate of drug-likeness (QED) is 0.945. The number of benzene rings is 1. The molecular weight excluding hydrogens is 282 g/mol. The van der Waals surface area contributed by atoms with Crippen LogP contribution in [0.25, 0.3) is 0 Å². The lowest BCUT2D eigenvalue weighted by atomic mass is 9.89. The molecule has 0 radical (unpaired) electrons. The highest BCUT2D eigenvalue weighted by Gasteiger charge is 2.41. The van der Waals surface area contributed by atoms with Crippen LogP contribution in [0.15, 0.2) is 47.1 Å². The van der Waals surface area contributed by atoms with Crippen LogP contribution in [-0.4, -0.2) is 35.0 Å². The summed E-state index contributed by atoms with van der Waals surface area (Å²) in [7, 11) is 0. The first-order chi connectivity index (χ1) is 10.6. The van der Waals surface area contributed by atoms with Gasteiger partial charge in [-0.2, -0.15) is 0 Å². The van der Waals surface area contributed by atoms with E-state index in [0.29, 0.717) is 6.54 Å². The monoisotopic (exact) mass is 299 g/mol. The molecule has 0 unspecified atom stereocenters. The summed E-state index contributed by atoms with van der Waals surface area (Å²) < 4.78 is 5.24. The number of carbonyl (C=O) groups is 2. The molecule has 114 valence electrons. The molecule has 1 aromatic carbocycles. The second kappa shape index (κ2) is 5.67. The van der Waals surface area contributed by atoms with Crippen molar-refractivity contribution in [2.24, 2.45) is 5.92 Å². The van der Waals surface area contributed by atoms with Crippen molar-refractivity contribution in [3.63, 3.8) is 0 Å². The number of rotatable bonds is 3. The largest absolute Gasteiger partial charge is 0.481 e. The van der Waals surface area contributed by atoms with Gasteiger partial charge in [0.15, 0.2) is 5.76 Å². The van der Waals surface area contributed by atoms with Gasteiger partial charge in [0, 0.05) is 24.6 Å². The molecule has 0 aliphatic carbocycles. The molecule has 2 atom stereocenters. The van der Waals surface area contributed by atoms with E-state index in [1.54, 1.807) is 17.9 Å². The Morgan fingerprint density at radius 1 is 1.18 bits per heavy atom. The van der Waals surface area contributed by atoms with E-state index in [2.05, 4.69) is 0 Å². The Balaban J connectivity index is 1.86. The first kappa shape index (κ1) is 14.4. The molecule has 0 saturated carbocycles. The van der Waals surface area contributed by atoms with E-state index in [4.69, 9.17) is 4.42 Å². The zero-order valence-electron chi connectivity index (χ0n) is 12.2. The fourth-order valence-electron chi connectivity index (χ4n) is 2.99. The summed E-state index contributed by atoms with van der Waals surface area (Å²) in [5.74, 6) is -1.62. The summed E-state index contributed by atoms with van der Waals surface area (Å²) in [5, 5.41) is 9.47. The fraction of sp³-hybridized carbons (Fsp3) is 0.294. The molecule has 1 amide bonds. The smallest absolute Gasteiger partial charge is 0.308 e. The van der Waals surface area contributed by atoms with Gasteiger partial charge in [-0.25, -0.2) is 0 Å². The molecule has 2 aromatic rings. The van der Waals surface area contributed by atoms with Crippen molar-refractivity contribution in [1.82, 2.24) is 4.90 Å². The zero-order valence-corrected chi connectivity index (χ0v) is 12.2. The van der Waals surface area contributed by atoms with Gasteiger partial charge in [-0.1, -0.05) is 30.3 Å². The van der Waals surface area contributed by atoms with Crippen LogP contribution in [0.5, 0.6) is 0 Å². The van der Waals surface area contributed by atoms with Crippen LogP contribution in [-0.2, 0) is 4.79 Å². The second-order valence-corrected chi connectivity index (χ2v) is 5.60. The van der Waals surface area contributed by atoms with Crippen LogP contribution in [0.2, 0.25) is 0 Å². The van der Waals surface area contributed by atoms with Crippen molar-refractivity contribution in [3.8, 4) is 0 Å². The Labute approximate surface area is 128 Å². The average molecular weight is 299 g/mol. The first-order valence-electron chi connectivity index (χ1n) is 7.19. The van der Waals surface area contributed by atoms with Gasteiger partial charge >= 0.3 is 5.97 Å². The number of likely N-dealkylation sites (tertiary alicyclic amines) is 1. The van der Waals surface area contributed by atoms with E-state index in [9.17, 15) is 14.7 Å². The predicted molar refractivity (Wildman–Crippen MR) is 79.7 cm³/mol. The number of amides is 1. The standard InChI is InChI=1S/C17H17NO4/c1-11-7-8-22-15(11)16(19)18-9-13(14(10-18)17(20)21)12-5-3-2-4-6-12/h2-8,13-14H,9-10H2,1H3,(H,20,21)/t13-,14-/m0/s1. The second-order valence-electron chi connectivity index (χ2n) is 5.60. The highest BCUT2D eigenvalue weighted by atomic mass is 16.4. The number of hydrogen-bond acceptors (Lipinski definition) is 3. The number of aliphatic carboxylic acids is 1. The number of carbonyl (C=O) groups excluding carboxylic acids is 1. The maximum Gasteiger partial charge on any atom is 0.308 e. The highest BCUT2D eigenvalue weighted by molar-refractivity contribution is 5.93. The van der Waals surface area contributed by atoms with Gasteiger partial charge in [0.1, 0.15) is 0 Å². The lowest BCUT2D eigenvalue weighted by molar-refractivity contribution is -0.141. The van der Waals surface area contributed by atoms with Crippen molar-refractivity contribution in [2.45, 2.75) is 12.8 Å². The SMILES string of the molecule is Cc1ccoc1C(=O)N1C[C@H](C(=O)O)[C@H](c2ccccc2)C1. The molecule has 5 heteroatoms. The van der Waals surface area contributed by atoms with Gasteiger partial charge in [-0.05, 0) is 18.6 Å². The lowest BCUT2D eigenvalue weighted by Crippen LogP contribution is -2.30. The van der Waals surface area contributed by atoms with E-state index in [1.165, 1.54) is 6.26 Å². The molecule has 5 nitrogen and oxygen atoms in total. The predicted octanol–water partition coefficient (Wildman–Crippen LogP) is 2.53. The third-order valence-electron chi connectivity index (χ3n) is 4.21. The fourth-order valence-corrected chi connectivity index (χ4v) is 2.99. The van der Waals surface area contributed by atoms with Crippen molar-refractivity contribution in [1.29, 1.82) is 0 Å². The van der Waals surface area contributed by atoms with E-state index in [1.807, 2.05) is 30.3 Å². The molecule has 1 aliphatic rings. The Bertz CT molecular complexity index is 692. The Hall–Kier alpha value is -2.56. The van der Waals surface area contributed by atoms with Crippen molar-refractivity contribution in [2.75, 3.05) is 13.1 Å². The van der Waals surface area contributed by atoms with Crippen molar-refractivity contribution >= 4 is 11.9 Å². The maximum absolute atomic E-state index is 12.5. The molecule has 1 aromatic heterocycles. The van der Waals surface area contributed by atoms with Crippen LogP contribution in [0, 0.1) is 12.8 Å². The number of aryl methyl sites for hydroxylation is 1. The van der Waals surface area contributed by atoms with Crippen molar-refractivity contribution in [3.05, 3.63) is 59.5 Å². The van der Waals surface area contributed by atoms with Crippen LogP contribution >= 0.6 is 0 Å². The normalized spacial score (nSPS) is 21.0. The third kappa shape index (κ3) is 2.50. The van der Waals surface area contributed by atoms with Crippen LogP contribution in [0.1, 0.15) is 27.6 Å². The molecule has 3 rings (SSSR count). The Morgan fingerprint density at radius 3 is 2.50 bits per heavy atom. The van der Waals surface area contributed by atoms with E-state index in [-0.39, 0.29) is 24.1 Å². The topological polar surface area (TPSA) is 70.8 Å². The van der Waals surface area contributed by atoms with Gasteiger partial charge in [0.2, 0.25) is 0 Å².